The fraction of sp³-hybridized carbons (Fsp3) is 0.500. The van der Waals surface area contributed by atoms with Crippen LogP contribution in [-0.4, -0.2) is 40.3 Å². The Morgan fingerprint density at radius 2 is 2.20 bits per heavy atom. The maximum atomic E-state index is 9.42. The van der Waals surface area contributed by atoms with Crippen molar-refractivity contribution in [2.24, 2.45) is 0 Å². The summed E-state index contributed by atoms with van der Waals surface area (Å²) in [6.07, 6.45) is 6.64. The number of hydrogen-bond acceptors (Lipinski definition) is 1. The van der Waals surface area contributed by atoms with E-state index in [9.17, 15) is 5.11 Å². The fourth-order valence-electron chi connectivity index (χ4n) is 1.08. The molecular formula is C8H12NaO. The van der Waals surface area contributed by atoms with E-state index in [1.54, 1.807) is 0 Å². The van der Waals surface area contributed by atoms with Crippen molar-refractivity contribution in [2.75, 3.05) is 0 Å². The van der Waals surface area contributed by atoms with Gasteiger partial charge >= 0.3 is 0 Å². The Morgan fingerprint density at radius 1 is 1.60 bits per heavy atom. The summed E-state index contributed by atoms with van der Waals surface area (Å²) in [6, 6.07) is 0. The van der Waals surface area contributed by atoms with E-state index in [1.807, 2.05) is 32.1 Å². The largest absolute Gasteiger partial charge is 0.386 e. The molecule has 1 atom stereocenters. The summed E-state index contributed by atoms with van der Waals surface area (Å²) >= 11 is 0. The summed E-state index contributed by atoms with van der Waals surface area (Å²) in [7, 11) is 0. The zero-order valence-corrected chi connectivity index (χ0v) is 8.89. The SMILES string of the molecule is CC1=CC(C)(O)CC=C1.[Na]. The Morgan fingerprint density at radius 3 is 2.50 bits per heavy atom. The monoisotopic (exact) mass is 147 g/mol. The number of rotatable bonds is 0. The van der Waals surface area contributed by atoms with Crippen LogP contribution in [0.25, 0.3) is 0 Å². The molecule has 1 unspecified atom stereocenters. The predicted octanol–water partition coefficient (Wildman–Crippen LogP) is 1.26. The first-order chi connectivity index (χ1) is 4.10. The van der Waals surface area contributed by atoms with Gasteiger partial charge in [0.05, 0.1) is 5.60 Å². The third kappa shape index (κ3) is 3.02. The van der Waals surface area contributed by atoms with Crippen molar-refractivity contribution in [1.82, 2.24) is 0 Å². The smallest absolute Gasteiger partial charge is 0.0839 e. The van der Waals surface area contributed by atoms with E-state index in [0.29, 0.717) is 0 Å². The molecule has 0 fully saturated rings. The molecule has 0 bridgehead atoms. The minimum atomic E-state index is -0.598. The van der Waals surface area contributed by atoms with Gasteiger partial charge in [0.1, 0.15) is 0 Å². The molecule has 1 radical (unpaired) electrons. The van der Waals surface area contributed by atoms with Gasteiger partial charge in [-0.1, -0.05) is 23.8 Å². The van der Waals surface area contributed by atoms with Crippen LogP contribution in [-0.2, 0) is 0 Å². The van der Waals surface area contributed by atoms with Crippen LogP contribution in [0.3, 0.4) is 0 Å². The Labute approximate surface area is 84.1 Å². The Balaban J connectivity index is 0.000000810. The Bertz CT molecular complexity index is 168. The van der Waals surface area contributed by atoms with Gasteiger partial charge in [-0.05, 0) is 20.3 Å². The summed E-state index contributed by atoms with van der Waals surface area (Å²) in [5, 5.41) is 9.42. The van der Waals surface area contributed by atoms with Crippen molar-refractivity contribution >= 4 is 29.6 Å². The maximum Gasteiger partial charge on any atom is 0.0839 e. The first kappa shape index (κ1) is 10.4. The second kappa shape index (κ2) is 3.72. The summed E-state index contributed by atoms with van der Waals surface area (Å²) in [5.74, 6) is 0. The van der Waals surface area contributed by atoms with Crippen LogP contribution < -0.4 is 0 Å². The van der Waals surface area contributed by atoms with E-state index in [1.165, 1.54) is 0 Å². The van der Waals surface area contributed by atoms with E-state index in [4.69, 9.17) is 0 Å². The molecule has 0 amide bonds. The van der Waals surface area contributed by atoms with Crippen LogP contribution in [0, 0.1) is 0 Å². The van der Waals surface area contributed by atoms with Crippen LogP contribution in [0.1, 0.15) is 20.3 Å². The molecule has 1 rings (SSSR count). The Hall–Kier alpha value is 0.440. The zero-order valence-electron chi connectivity index (χ0n) is 6.89. The van der Waals surface area contributed by atoms with Gasteiger partial charge in [-0.2, -0.15) is 0 Å². The van der Waals surface area contributed by atoms with Crippen molar-refractivity contribution in [1.29, 1.82) is 0 Å². The van der Waals surface area contributed by atoms with E-state index in [0.717, 1.165) is 12.0 Å². The normalized spacial score (nSPS) is 30.9. The van der Waals surface area contributed by atoms with Gasteiger partial charge in [0.25, 0.3) is 0 Å². The van der Waals surface area contributed by atoms with Crippen LogP contribution in [0.15, 0.2) is 23.8 Å². The van der Waals surface area contributed by atoms with Crippen molar-refractivity contribution in [3.63, 3.8) is 0 Å². The molecule has 0 aromatic rings. The second-order valence-electron chi connectivity index (χ2n) is 2.85. The van der Waals surface area contributed by atoms with E-state index in [-0.39, 0.29) is 29.6 Å². The first-order valence-electron chi connectivity index (χ1n) is 3.18. The molecule has 0 aromatic heterocycles. The molecule has 0 aromatic carbocycles. The molecule has 1 nitrogen and oxygen atoms in total. The van der Waals surface area contributed by atoms with E-state index < -0.39 is 5.60 Å². The minimum absolute atomic E-state index is 0. The summed E-state index contributed by atoms with van der Waals surface area (Å²) in [6.45, 7) is 3.81. The molecule has 0 heterocycles. The predicted molar refractivity (Wildman–Crippen MR) is 43.9 cm³/mol. The van der Waals surface area contributed by atoms with Gasteiger partial charge in [-0.3, -0.25) is 0 Å². The standard InChI is InChI=1S/C8H12O.Na/c1-7-4-3-5-8(2,9)6-7;/h3-4,6,9H,5H2,1-2H3;. The van der Waals surface area contributed by atoms with Crippen molar-refractivity contribution in [3.8, 4) is 0 Å². The zero-order chi connectivity index (χ0) is 6.91. The van der Waals surface area contributed by atoms with Gasteiger partial charge in [0, 0.05) is 29.6 Å². The number of hydrogen-bond donors (Lipinski definition) is 1. The second-order valence-corrected chi connectivity index (χ2v) is 2.85. The molecule has 0 aliphatic heterocycles. The molecule has 0 spiro atoms. The molecule has 51 valence electrons. The first-order valence-corrected chi connectivity index (χ1v) is 3.18. The minimum Gasteiger partial charge on any atom is -0.386 e. The summed E-state index contributed by atoms with van der Waals surface area (Å²) < 4.78 is 0. The van der Waals surface area contributed by atoms with Gasteiger partial charge in [-0.25, -0.2) is 0 Å². The third-order valence-corrected chi connectivity index (χ3v) is 1.45. The average molecular weight is 147 g/mol. The van der Waals surface area contributed by atoms with Gasteiger partial charge in [0.15, 0.2) is 0 Å². The van der Waals surface area contributed by atoms with Crippen LogP contribution in [0.5, 0.6) is 0 Å². The summed E-state index contributed by atoms with van der Waals surface area (Å²) in [4.78, 5) is 0. The molecule has 1 N–H and O–H groups in total. The molecule has 0 saturated carbocycles. The van der Waals surface area contributed by atoms with Crippen LogP contribution in [0.2, 0.25) is 0 Å². The average Bonchev–Trinajstić information content (AvgIpc) is 1.60. The molecule has 10 heavy (non-hydrogen) atoms. The maximum absolute atomic E-state index is 9.42. The van der Waals surface area contributed by atoms with Crippen LogP contribution in [0.4, 0.5) is 0 Å². The topological polar surface area (TPSA) is 20.2 Å². The molecule has 0 saturated heterocycles. The molecular weight excluding hydrogens is 135 g/mol. The molecule has 2 heteroatoms. The summed E-state index contributed by atoms with van der Waals surface area (Å²) in [5.41, 5.74) is 0.546. The quantitative estimate of drug-likeness (QED) is 0.511. The van der Waals surface area contributed by atoms with Crippen LogP contribution >= 0.6 is 0 Å². The van der Waals surface area contributed by atoms with Crippen molar-refractivity contribution < 1.29 is 5.11 Å². The third-order valence-electron chi connectivity index (χ3n) is 1.45. The van der Waals surface area contributed by atoms with Gasteiger partial charge < -0.3 is 5.11 Å². The van der Waals surface area contributed by atoms with Gasteiger partial charge in [-0.15, -0.1) is 0 Å². The van der Waals surface area contributed by atoms with E-state index in [2.05, 4.69) is 0 Å². The number of aliphatic hydroxyl groups is 1. The number of allylic oxidation sites excluding steroid dienone is 2. The molecule has 1 aliphatic rings. The van der Waals surface area contributed by atoms with Crippen molar-refractivity contribution in [2.45, 2.75) is 25.9 Å². The Kier molecular flexibility index (Phi) is 3.89. The molecule has 1 aliphatic carbocycles. The van der Waals surface area contributed by atoms with Crippen molar-refractivity contribution in [3.05, 3.63) is 23.8 Å². The van der Waals surface area contributed by atoms with Gasteiger partial charge in [0.2, 0.25) is 0 Å². The van der Waals surface area contributed by atoms with E-state index >= 15 is 0 Å². The fourth-order valence-corrected chi connectivity index (χ4v) is 1.08.